The normalized spacial score (nSPS) is 20.5. The molecule has 146 valence electrons. The zero-order valence-electron chi connectivity index (χ0n) is 16.2. The Bertz CT molecular complexity index is 549. The van der Waals surface area contributed by atoms with Crippen LogP contribution in [-0.2, 0) is 0 Å². The molecular formula is C20H34IN5. The maximum atomic E-state index is 4.91. The van der Waals surface area contributed by atoms with Gasteiger partial charge in [0, 0.05) is 38.4 Å². The predicted molar refractivity (Wildman–Crippen MR) is 121 cm³/mol. The quantitative estimate of drug-likeness (QED) is 0.390. The molecule has 1 aliphatic carbocycles. The number of aliphatic imine (C=N–C) groups is 1. The number of rotatable bonds is 5. The van der Waals surface area contributed by atoms with Gasteiger partial charge in [0.1, 0.15) is 5.82 Å². The lowest BCUT2D eigenvalue weighted by atomic mass is 9.89. The minimum absolute atomic E-state index is 0. The third-order valence-electron chi connectivity index (χ3n) is 5.58. The molecule has 1 saturated carbocycles. The number of halogens is 1. The van der Waals surface area contributed by atoms with E-state index >= 15 is 0 Å². The fraction of sp³-hybridized carbons (Fsp3) is 0.700. The molecule has 1 aliphatic heterocycles. The van der Waals surface area contributed by atoms with Crippen LogP contribution in [0.15, 0.2) is 29.4 Å². The summed E-state index contributed by atoms with van der Waals surface area (Å²) in [4.78, 5) is 11.8. The SMILES string of the molecule is CCNC(=NCC1(C)CCCC1)NC1CCN(c2ccccn2)CC1.I. The molecule has 2 fully saturated rings. The lowest BCUT2D eigenvalue weighted by molar-refractivity contribution is 0.349. The maximum Gasteiger partial charge on any atom is 0.191 e. The zero-order chi connectivity index (χ0) is 17.5. The Morgan fingerprint density at radius 1 is 1.27 bits per heavy atom. The Hall–Kier alpha value is -1.05. The molecule has 0 aromatic carbocycles. The number of nitrogens with zero attached hydrogens (tertiary/aromatic N) is 3. The van der Waals surface area contributed by atoms with E-state index in [2.05, 4.69) is 46.5 Å². The van der Waals surface area contributed by atoms with E-state index in [9.17, 15) is 0 Å². The number of hydrogen-bond donors (Lipinski definition) is 2. The van der Waals surface area contributed by atoms with Gasteiger partial charge in [-0.1, -0.05) is 25.8 Å². The van der Waals surface area contributed by atoms with Gasteiger partial charge in [-0.2, -0.15) is 0 Å². The molecule has 2 heterocycles. The molecule has 2 aliphatic rings. The third kappa shape index (κ3) is 5.99. The fourth-order valence-electron chi connectivity index (χ4n) is 3.96. The summed E-state index contributed by atoms with van der Waals surface area (Å²) in [5, 5.41) is 7.09. The monoisotopic (exact) mass is 471 g/mol. The summed E-state index contributed by atoms with van der Waals surface area (Å²) in [7, 11) is 0. The highest BCUT2D eigenvalue weighted by atomic mass is 127. The zero-order valence-corrected chi connectivity index (χ0v) is 18.5. The van der Waals surface area contributed by atoms with Crippen LogP contribution in [-0.4, -0.2) is 43.2 Å². The van der Waals surface area contributed by atoms with Gasteiger partial charge in [-0.3, -0.25) is 4.99 Å². The van der Waals surface area contributed by atoms with Crippen LogP contribution in [0.1, 0.15) is 52.4 Å². The van der Waals surface area contributed by atoms with Crippen LogP contribution in [0.3, 0.4) is 0 Å². The van der Waals surface area contributed by atoms with Crippen molar-refractivity contribution < 1.29 is 0 Å². The Morgan fingerprint density at radius 3 is 2.62 bits per heavy atom. The lowest BCUT2D eigenvalue weighted by Gasteiger charge is -2.34. The molecule has 5 nitrogen and oxygen atoms in total. The van der Waals surface area contributed by atoms with Gasteiger partial charge in [-0.05, 0) is 50.2 Å². The van der Waals surface area contributed by atoms with E-state index in [0.29, 0.717) is 11.5 Å². The van der Waals surface area contributed by atoms with Crippen molar-refractivity contribution in [3.8, 4) is 0 Å². The highest BCUT2D eigenvalue weighted by Gasteiger charge is 2.28. The van der Waals surface area contributed by atoms with E-state index in [4.69, 9.17) is 4.99 Å². The van der Waals surface area contributed by atoms with E-state index in [0.717, 1.165) is 50.8 Å². The van der Waals surface area contributed by atoms with E-state index < -0.39 is 0 Å². The number of hydrogen-bond acceptors (Lipinski definition) is 3. The molecule has 1 aromatic rings. The summed E-state index contributed by atoms with van der Waals surface area (Å²) in [5.41, 5.74) is 0.407. The van der Waals surface area contributed by atoms with Crippen LogP contribution in [0.4, 0.5) is 5.82 Å². The standard InChI is InChI=1S/C20H33N5.HI/c1-3-21-19(23-16-20(2)11-5-6-12-20)24-17-9-14-25(15-10-17)18-8-4-7-13-22-18;/h4,7-8,13,17H,3,5-6,9-12,14-16H2,1-2H3,(H2,21,23,24);1H. The van der Waals surface area contributed by atoms with Gasteiger partial charge < -0.3 is 15.5 Å². The van der Waals surface area contributed by atoms with Crippen molar-refractivity contribution in [2.24, 2.45) is 10.4 Å². The molecule has 0 radical (unpaired) electrons. The second-order valence-electron chi connectivity index (χ2n) is 7.81. The average molecular weight is 471 g/mol. The highest BCUT2D eigenvalue weighted by Crippen LogP contribution is 2.37. The topological polar surface area (TPSA) is 52.6 Å². The van der Waals surface area contributed by atoms with E-state index in [1.807, 2.05) is 12.3 Å². The number of piperidine rings is 1. The number of aromatic nitrogens is 1. The third-order valence-corrected chi connectivity index (χ3v) is 5.58. The van der Waals surface area contributed by atoms with Gasteiger partial charge in [-0.15, -0.1) is 24.0 Å². The van der Waals surface area contributed by atoms with Crippen molar-refractivity contribution in [3.05, 3.63) is 24.4 Å². The van der Waals surface area contributed by atoms with E-state index in [1.165, 1.54) is 25.7 Å². The van der Waals surface area contributed by atoms with Crippen LogP contribution < -0.4 is 15.5 Å². The van der Waals surface area contributed by atoms with Gasteiger partial charge in [0.15, 0.2) is 5.96 Å². The summed E-state index contributed by atoms with van der Waals surface area (Å²) in [6.07, 6.45) is 9.48. The summed E-state index contributed by atoms with van der Waals surface area (Å²) in [6.45, 7) is 8.47. The predicted octanol–water partition coefficient (Wildman–Crippen LogP) is 3.80. The van der Waals surface area contributed by atoms with Crippen molar-refractivity contribution in [3.63, 3.8) is 0 Å². The van der Waals surface area contributed by atoms with Crippen molar-refractivity contribution in [2.45, 2.75) is 58.4 Å². The van der Waals surface area contributed by atoms with Crippen LogP contribution in [0.25, 0.3) is 0 Å². The van der Waals surface area contributed by atoms with Gasteiger partial charge in [0.2, 0.25) is 0 Å². The summed E-state index contributed by atoms with van der Waals surface area (Å²) < 4.78 is 0. The first kappa shape index (κ1) is 21.3. The van der Waals surface area contributed by atoms with Crippen molar-refractivity contribution >= 4 is 35.8 Å². The molecule has 3 rings (SSSR count). The first-order chi connectivity index (χ1) is 12.2. The second kappa shape index (κ2) is 10.3. The fourth-order valence-corrected chi connectivity index (χ4v) is 3.96. The molecule has 0 amide bonds. The Balaban J connectivity index is 0.00000243. The highest BCUT2D eigenvalue weighted by molar-refractivity contribution is 14.0. The molecule has 0 spiro atoms. The van der Waals surface area contributed by atoms with Crippen molar-refractivity contribution in [1.29, 1.82) is 0 Å². The lowest BCUT2D eigenvalue weighted by Crippen LogP contribution is -2.49. The van der Waals surface area contributed by atoms with Gasteiger partial charge in [0.05, 0.1) is 0 Å². The largest absolute Gasteiger partial charge is 0.357 e. The molecule has 26 heavy (non-hydrogen) atoms. The smallest absolute Gasteiger partial charge is 0.191 e. The molecule has 1 saturated heterocycles. The number of guanidine groups is 1. The first-order valence-electron chi connectivity index (χ1n) is 9.89. The van der Waals surface area contributed by atoms with Crippen LogP contribution >= 0.6 is 24.0 Å². The first-order valence-corrected chi connectivity index (χ1v) is 9.89. The molecule has 2 N–H and O–H groups in total. The molecule has 1 aromatic heterocycles. The summed E-state index contributed by atoms with van der Waals surface area (Å²) >= 11 is 0. The van der Waals surface area contributed by atoms with E-state index in [1.54, 1.807) is 0 Å². The summed E-state index contributed by atoms with van der Waals surface area (Å²) in [5.74, 6) is 2.09. The number of nitrogens with one attached hydrogen (secondary N) is 2. The van der Waals surface area contributed by atoms with Crippen LogP contribution in [0.5, 0.6) is 0 Å². The Labute approximate surface area is 175 Å². The Morgan fingerprint density at radius 2 is 2.00 bits per heavy atom. The minimum atomic E-state index is 0. The molecule has 0 bridgehead atoms. The van der Waals surface area contributed by atoms with E-state index in [-0.39, 0.29) is 24.0 Å². The van der Waals surface area contributed by atoms with Crippen molar-refractivity contribution in [1.82, 2.24) is 15.6 Å². The maximum absolute atomic E-state index is 4.91. The van der Waals surface area contributed by atoms with Gasteiger partial charge in [-0.25, -0.2) is 4.98 Å². The second-order valence-corrected chi connectivity index (χ2v) is 7.81. The summed E-state index contributed by atoms with van der Waals surface area (Å²) in [6, 6.07) is 6.63. The number of pyridine rings is 1. The van der Waals surface area contributed by atoms with Crippen LogP contribution in [0.2, 0.25) is 0 Å². The van der Waals surface area contributed by atoms with Gasteiger partial charge >= 0.3 is 0 Å². The average Bonchev–Trinajstić information content (AvgIpc) is 3.08. The van der Waals surface area contributed by atoms with Crippen molar-refractivity contribution in [2.75, 3.05) is 31.1 Å². The molecular weight excluding hydrogens is 437 g/mol. The minimum Gasteiger partial charge on any atom is -0.357 e. The molecule has 0 atom stereocenters. The molecule has 6 heteroatoms. The van der Waals surface area contributed by atoms with Crippen LogP contribution in [0, 0.1) is 5.41 Å². The van der Waals surface area contributed by atoms with Gasteiger partial charge in [0.25, 0.3) is 0 Å². The Kier molecular flexibility index (Phi) is 8.44. The number of anilines is 1. The molecule has 0 unspecified atom stereocenters.